The lowest BCUT2D eigenvalue weighted by Gasteiger charge is -2.12. The number of non-ortho nitro benzene ring substituents is 1. The molecule has 0 unspecified atom stereocenters. The van der Waals surface area contributed by atoms with Crippen LogP contribution in [0.5, 0.6) is 0 Å². The standard InChI is InChI=1S/C7H2Cl4N2O4/c8-6-4(7(9,10)11)1-3(12(14)15)2-5(6)13(16)17/h1-2H. The van der Waals surface area contributed by atoms with Crippen LogP contribution in [0.15, 0.2) is 12.1 Å². The highest BCUT2D eigenvalue weighted by Crippen LogP contribution is 2.46. The zero-order valence-corrected chi connectivity index (χ0v) is 10.7. The molecule has 0 atom stereocenters. The van der Waals surface area contributed by atoms with E-state index in [0.29, 0.717) is 6.07 Å². The van der Waals surface area contributed by atoms with E-state index in [9.17, 15) is 20.2 Å². The molecule has 0 aromatic heterocycles. The highest BCUT2D eigenvalue weighted by atomic mass is 35.6. The third kappa shape index (κ3) is 3.10. The van der Waals surface area contributed by atoms with E-state index in [2.05, 4.69) is 0 Å². The normalized spacial score (nSPS) is 11.3. The number of nitro groups is 2. The van der Waals surface area contributed by atoms with Gasteiger partial charge in [-0.25, -0.2) is 0 Å². The van der Waals surface area contributed by atoms with Crippen molar-refractivity contribution in [2.45, 2.75) is 3.79 Å². The summed E-state index contributed by atoms with van der Waals surface area (Å²) >= 11 is 22.2. The highest BCUT2D eigenvalue weighted by molar-refractivity contribution is 6.67. The molecule has 0 N–H and O–H groups in total. The molecule has 1 rings (SSSR count). The van der Waals surface area contributed by atoms with E-state index >= 15 is 0 Å². The lowest BCUT2D eigenvalue weighted by atomic mass is 10.2. The maximum atomic E-state index is 10.6. The Hall–Kier alpha value is -0.820. The molecule has 0 aliphatic heterocycles. The Morgan fingerprint density at radius 1 is 1.06 bits per heavy atom. The summed E-state index contributed by atoms with van der Waals surface area (Å²) in [6.45, 7) is 0. The highest BCUT2D eigenvalue weighted by Gasteiger charge is 2.33. The smallest absolute Gasteiger partial charge is 0.258 e. The lowest BCUT2D eigenvalue weighted by Crippen LogP contribution is -2.05. The van der Waals surface area contributed by atoms with Crippen molar-refractivity contribution >= 4 is 57.8 Å². The van der Waals surface area contributed by atoms with Gasteiger partial charge in [-0.1, -0.05) is 46.4 Å². The Bertz CT molecular complexity index is 499. The number of nitrogens with zero attached hydrogens (tertiary/aromatic N) is 2. The van der Waals surface area contributed by atoms with Gasteiger partial charge in [-0.15, -0.1) is 0 Å². The monoisotopic (exact) mass is 318 g/mol. The number of rotatable bonds is 2. The molecule has 1 aromatic carbocycles. The van der Waals surface area contributed by atoms with Crippen molar-refractivity contribution in [1.29, 1.82) is 0 Å². The molecule has 0 aliphatic rings. The van der Waals surface area contributed by atoms with Crippen LogP contribution in [0.2, 0.25) is 5.02 Å². The van der Waals surface area contributed by atoms with Crippen LogP contribution in [0.25, 0.3) is 0 Å². The number of nitro benzene ring substituents is 2. The molecule has 0 fully saturated rings. The molecular weight excluding hydrogens is 318 g/mol. The van der Waals surface area contributed by atoms with Crippen molar-refractivity contribution in [3.63, 3.8) is 0 Å². The summed E-state index contributed by atoms with van der Waals surface area (Å²) in [7, 11) is 0. The molecule has 6 nitrogen and oxygen atoms in total. The Morgan fingerprint density at radius 2 is 1.59 bits per heavy atom. The number of hydrogen-bond donors (Lipinski definition) is 0. The molecule has 1 aromatic rings. The molecule has 10 heteroatoms. The molecule has 0 saturated carbocycles. The molecular formula is C7H2Cl4N2O4. The fourth-order valence-corrected chi connectivity index (χ4v) is 1.95. The summed E-state index contributed by atoms with van der Waals surface area (Å²) in [5.74, 6) is 0. The first-order chi connectivity index (χ1) is 7.64. The Kier molecular flexibility index (Phi) is 4.03. The molecule has 0 radical (unpaired) electrons. The van der Waals surface area contributed by atoms with E-state index in [1.165, 1.54) is 0 Å². The van der Waals surface area contributed by atoms with Crippen LogP contribution in [-0.4, -0.2) is 9.85 Å². The Labute approximate surface area is 114 Å². The summed E-state index contributed by atoms with van der Waals surface area (Å²) in [6, 6.07) is 1.57. The van der Waals surface area contributed by atoms with E-state index in [1.807, 2.05) is 0 Å². The van der Waals surface area contributed by atoms with Gasteiger partial charge >= 0.3 is 0 Å². The summed E-state index contributed by atoms with van der Waals surface area (Å²) in [6.07, 6.45) is 0. The number of alkyl halides is 3. The molecule has 0 bridgehead atoms. The second-order valence-corrected chi connectivity index (χ2v) is 5.50. The van der Waals surface area contributed by atoms with Crippen molar-refractivity contribution in [2.75, 3.05) is 0 Å². The average molecular weight is 320 g/mol. The summed E-state index contributed by atoms with van der Waals surface area (Å²) in [5, 5.41) is 20.8. The average Bonchev–Trinajstić information content (AvgIpc) is 2.15. The maximum absolute atomic E-state index is 10.6. The van der Waals surface area contributed by atoms with Gasteiger partial charge in [0.25, 0.3) is 11.4 Å². The summed E-state index contributed by atoms with van der Waals surface area (Å²) < 4.78 is -2.09. The van der Waals surface area contributed by atoms with Crippen molar-refractivity contribution in [3.8, 4) is 0 Å². The number of halogens is 4. The topological polar surface area (TPSA) is 86.3 Å². The van der Waals surface area contributed by atoms with Gasteiger partial charge in [0, 0.05) is 11.6 Å². The van der Waals surface area contributed by atoms with Crippen LogP contribution in [0.1, 0.15) is 5.56 Å². The predicted octanol–water partition coefficient (Wildman–Crippen LogP) is 3.98. The van der Waals surface area contributed by atoms with Crippen molar-refractivity contribution in [1.82, 2.24) is 0 Å². The second-order valence-electron chi connectivity index (χ2n) is 2.84. The van der Waals surface area contributed by atoms with Gasteiger partial charge in [-0.3, -0.25) is 20.2 Å². The molecule has 17 heavy (non-hydrogen) atoms. The SMILES string of the molecule is O=[N+]([O-])c1cc([N+](=O)[O-])c(Cl)c(C(Cl)(Cl)Cl)c1. The molecule has 0 heterocycles. The van der Waals surface area contributed by atoms with Gasteiger partial charge in [-0.05, 0) is 0 Å². The van der Waals surface area contributed by atoms with Crippen molar-refractivity contribution < 1.29 is 9.85 Å². The van der Waals surface area contributed by atoms with Crippen LogP contribution in [0.4, 0.5) is 11.4 Å². The van der Waals surface area contributed by atoms with Crippen LogP contribution in [0.3, 0.4) is 0 Å². The minimum absolute atomic E-state index is 0.315. The van der Waals surface area contributed by atoms with Crippen LogP contribution in [-0.2, 0) is 3.79 Å². The third-order valence-electron chi connectivity index (χ3n) is 1.75. The summed E-state index contributed by atoms with van der Waals surface area (Å²) in [5.41, 5.74) is -1.59. The van der Waals surface area contributed by atoms with Crippen LogP contribution in [0, 0.1) is 20.2 Å². The number of benzene rings is 1. The maximum Gasteiger partial charge on any atom is 0.295 e. The first kappa shape index (κ1) is 14.2. The van der Waals surface area contributed by atoms with E-state index in [0.717, 1.165) is 6.07 Å². The van der Waals surface area contributed by atoms with Gasteiger partial charge in [0.2, 0.25) is 3.79 Å². The first-order valence-electron chi connectivity index (χ1n) is 3.84. The zero-order valence-electron chi connectivity index (χ0n) is 7.69. The van der Waals surface area contributed by atoms with Crippen molar-refractivity contribution in [2.24, 2.45) is 0 Å². The zero-order chi connectivity index (χ0) is 13.4. The molecule has 0 amide bonds. The van der Waals surface area contributed by atoms with E-state index in [-0.39, 0.29) is 5.56 Å². The lowest BCUT2D eigenvalue weighted by molar-refractivity contribution is -0.394. The first-order valence-corrected chi connectivity index (χ1v) is 5.35. The molecule has 0 aliphatic carbocycles. The van der Waals surface area contributed by atoms with Gasteiger partial charge in [0.05, 0.1) is 15.9 Å². The quantitative estimate of drug-likeness (QED) is 0.468. The summed E-state index contributed by atoms with van der Waals surface area (Å²) in [4.78, 5) is 19.5. The van der Waals surface area contributed by atoms with E-state index in [1.54, 1.807) is 0 Å². The van der Waals surface area contributed by atoms with Gasteiger partial charge in [0.15, 0.2) is 0 Å². The second kappa shape index (κ2) is 4.81. The molecule has 0 saturated heterocycles. The largest absolute Gasteiger partial charge is 0.295 e. The Morgan fingerprint density at radius 3 is 1.94 bits per heavy atom. The Balaban J connectivity index is 3.60. The fraction of sp³-hybridized carbons (Fsp3) is 0.143. The molecule has 92 valence electrons. The predicted molar refractivity (Wildman–Crippen MR) is 64.0 cm³/mol. The van der Waals surface area contributed by atoms with E-state index in [4.69, 9.17) is 46.4 Å². The van der Waals surface area contributed by atoms with E-state index < -0.39 is 30.0 Å². The van der Waals surface area contributed by atoms with Crippen LogP contribution >= 0.6 is 46.4 Å². The van der Waals surface area contributed by atoms with Gasteiger partial charge in [-0.2, -0.15) is 0 Å². The molecule has 0 spiro atoms. The number of hydrogen-bond acceptors (Lipinski definition) is 4. The minimum Gasteiger partial charge on any atom is -0.258 e. The third-order valence-corrected chi connectivity index (χ3v) is 2.76. The fourth-order valence-electron chi connectivity index (χ4n) is 1.04. The van der Waals surface area contributed by atoms with Crippen molar-refractivity contribution in [3.05, 3.63) is 42.9 Å². The van der Waals surface area contributed by atoms with Crippen LogP contribution < -0.4 is 0 Å². The van der Waals surface area contributed by atoms with Gasteiger partial charge in [0.1, 0.15) is 5.02 Å². The minimum atomic E-state index is -2.09. The van der Waals surface area contributed by atoms with Gasteiger partial charge < -0.3 is 0 Å².